The summed E-state index contributed by atoms with van der Waals surface area (Å²) in [5, 5.41) is 0. The number of rotatable bonds is 4. The number of ether oxygens (including phenoxy) is 1. The Morgan fingerprint density at radius 3 is 2.81 bits per heavy atom. The van der Waals surface area contributed by atoms with Gasteiger partial charge in [0.05, 0.1) is 12.0 Å². The molecule has 0 bridgehead atoms. The first-order chi connectivity index (χ1) is 7.48. The minimum absolute atomic E-state index is 0.185. The summed E-state index contributed by atoms with van der Waals surface area (Å²) in [4.78, 5) is 14.0. The van der Waals surface area contributed by atoms with Crippen molar-refractivity contribution in [3.05, 3.63) is 0 Å². The minimum atomic E-state index is -0.368. The van der Waals surface area contributed by atoms with E-state index < -0.39 is 0 Å². The lowest BCUT2D eigenvalue weighted by atomic mass is 9.96. The van der Waals surface area contributed by atoms with E-state index in [1.807, 2.05) is 18.7 Å². The van der Waals surface area contributed by atoms with Gasteiger partial charge in [0.25, 0.3) is 0 Å². The maximum absolute atomic E-state index is 12.0. The quantitative estimate of drug-likeness (QED) is 0.781. The van der Waals surface area contributed by atoms with Gasteiger partial charge in [-0.3, -0.25) is 4.79 Å². The molecule has 1 atom stereocenters. The molecule has 1 aliphatic heterocycles. The van der Waals surface area contributed by atoms with E-state index in [0.29, 0.717) is 18.9 Å². The number of piperidine rings is 1. The molecule has 1 fully saturated rings. The van der Waals surface area contributed by atoms with Gasteiger partial charge in [0.2, 0.25) is 5.91 Å². The van der Waals surface area contributed by atoms with Gasteiger partial charge in [-0.2, -0.15) is 0 Å². The normalized spacial score (nSPS) is 22.2. The number of nitrogens with two attached hydrogens (primary N) is 1. The molecule has 1 aliphatic rings. The van der Waals surface area contributed by atoms with Crippen molar-refractivity contribution in [2.24, 2.45) is 11.7 Å². The Hall–Kier alpha value is -0.610. The second-order valence-corrected chi connectivity index (χ2v) is 5.22. The topological polar surface area (TPSA) is 55.6 Å². The van der Waals surface area contributed by atoms with Crippen LogP contribution in [0.25, 0.3) is 0 Å². The van der Waals surface area contributed by atoms with Gasteiger partial charge in [-0.15, -0.1) is 0 Å². The third kappa shape index (κ3) is 3.76. The second kappa shape index (κ2) is 5.64. The van der Waals surface area contributed by atoms with Crippen LogP contribution < -0.4 is 5.73 Å². The van der Waals surface area contributed by atoms with E-state index in [2.05, 4.69) is 0 Å². The number of nitrogens with zero attached hydrogens (tertiary/aromatic N) is 1. The molecule has 0 aromatic carbocycles. The molecule has 1 heterocycles. The number of amides is 1. The first-order valence-corrected chi connectivity index (χ1v) is 6.01. The van der Waals surface area contributed by atoms with E-state index in [1.165, 1.54) is 0 Å². The smallest absolute Gasteiger partial charge is 0.225 e. The standard InChI is InChI=1S/C12H24N2O2/c1-12(2,16-3)7-11(15)14-6-4-5-10(8-13)9-14/h10H,4-9,13H2,1-3H3. The highest BCUT2D eigenvalue weighted by molar-refractivity contribution is 5.77. The first-order valence-electron chi connectivity index (χ1n) is 6.01. The number of hydrogen-bond acceptors (Lipinski definition) is 3. The first kappa shape index (κ1) is 13.5. The lowest BCUT2D eigenvalue weighted by molar-refractivity contribution is -0.138. The lowest BCUT2D eigenvalue weighted by Gasteiger charge is -2.34. The number of carbonyl (C=O) groups is 1. The molecule has 4 nitrogen and oxygen atoms in total. The van der Waals surface area contributed by atoms with Crippen LogP contribution in [0.1, 0.15) is 33.1 Å². The Balaban J connectivity index is 2.47. The predicted molar refractivity (Wildman–Crippen MR) is 64.1 cm³/mol. The van der Waals surface area contributed by atoms with Gasteiger partial charge < -0.3 is 15.4 Å². The lowest BCUT2D eigenvalue weighted by Crippen LogP contribution is -2.44. The molecule has 2 N–H and O–H groups in total. The van der Waals surface area contributed by atoms with Crippen molar-refractivity contribution in [3.63, 3.8) is 0 Å². The van der Waals surface area contributed by atoms with Crippen LogP contribution >= 0.6 is 0 Å². The number of carbonyl (C=O) groups excluding carboxylic acids is 1. The molecular formula is C12H24N2O2. The van der Waals surface area contributed by atoms with Crippen molar-refractivity contribution in [2.45, 2.75) is 38.7 Å². The van der Waals surface area contributed by atoms with Crippen molar-refractivity contribution in [1.29, 1.82) is 0 Å². The van der Waals surface area contributed by atoms with Crippen LogP contribution in [0, 0.1) is 5.92 Å². The van der Waals surface area contributed by atoms with Gasteiger partial charge in [-0.05, 0) is 39.2 Å². The van der Waals surface area contributed by atoms with Crippen LogP contribution in [0.4, 0.5) is 0 Å². The van der Waals surface area contributed by atoms with E-state index in [4.69, 9.17) is 10.5 Å². The Morgan fingerprint density at radius 1 is 1.56 bits per heavy atom. The van der Waals surface area contributed by atoms with Crippen molar-refractivity contribution in [3.8, 4) is 0 Å². The summed E-state index contributed by atoms with van der Waals surface area (Å²) in [5.41, 5.74) is 5.29. The molecule has 1 unspecified atom stereocenters. The van der Waals surface area contributed by atoms with E-state index in [-0.39, 0.29) is 11.5 Å². The molecule has 1 saturated heterocycles. The van der Waals surface area contributed by atoms with Gasteiger partial charge in [0.15, 0.2) is 0 Å². The Morgan fingerprint density at radius 2 is 2.25 bits per heavy atom. The SMILES string of the molecule is COC(C)(C)CC(=O)N1CCCC(CN)C1. The van der Waals surface area contributed by atoms with E-state index >= 15 is 0 Å². The van der Waals surface area contributed by atoms with Crippen LogP contribution in [0.3, 0.4) is 0 Å². The molecule has 1 amide bonds. The van der Waals surface area contributed by atoms with E-state index in [0.717, 1.165) is 25.9 Å². The summed E-state index contributed by atoms with van der Waals surface area (Å²) < 4.78 is 5.28. The zero-order chi connectivity index (χ0) is 12.2. The molecule has 0 aliphatic carbocycles. The third-order valence-corrected chi connectivity index (χ3v) is 3.33. The molecule has 0 spiro atoms. The van der Waals surface area contributed by atoms with Crippen molar-refractivity contribution in [1.82, 2.24) is 4.90 Å². The molecular weight excluding hydrogens is 204 g/mol. The Labute approximate surface area is 98.1 Å². The van der Waals surface area contributed by atoms with Gasteiger partial charge in [0.1, 0.15) is 0 Å². The Bertz CT molecular complexity index is 241. The molecule has 1 rings (SSSR count). The highest BCUT2D eigenvalue weighted by atomic mass is 16.5. The zero-order valence-electron chi connectivity index (χ0n) is 10.7. The van der Waals surface area contributed by atoms with Crippen LogP contribution in [-0.4, -0.2) is 43.2 Å². The fraction of sp³-hybridized carbons (Fsp3) is 0.917. The summed E-state index contributed by atoms with van der Waals surface area (Å²) >= 11 is 0. The van der Waals surface area contributed by atoms with E-state index in [9.17, 15) is 4.79 Å². The summed E-state index contributed by atoms with van der Waals surface area (Å²) in [5.74, 6) is 0.661. The average Bonchev–Trinajstić information content (AvgIpc) is 2.28. The fourth-order valence-corrected chi connectivity index (χ4v) is 2.03. The second-order valence-electron chi connectivity index (χ2n) is 5.22. The summed E-state index contributed by atoms with van der Waals surface area (Å²) in [7, 11) is 1.65. The molecule has 0 saturated carbocycles. The molecule has 94 valence electrons. The zero-order valence-corrected chi connectivity index (χ0v) is 10.7. The van der Waals surface area contributed by atoms with E-state index in [1.54, 1.807) is 7.11 Å². The van der Waals surface area contributed by atoms with Crippen LogP contribution in [0.2, 0.25) is 0 Å². The highest BCUT2D eigenvalue weighted by Gasteiger charge is 2.27. The minimum Gasteiger partial charge on any atom is -0.378 e. The third-order valence-electron chi connectivity index (χ3n) is 3.33. The maximum atomic E-state index is 12.0. The number of methoxy groups -OCH3 is 1. The van der Waals surface area contributed by atoms with Gasteiger partial charge >= 0.3 is 0 Å². The van der Waals surface area contributed by atoms with Gasteiger partial charge in [0, 0.05) is 20.2 Å². The van der Waals surface area contributed by atoms with Crippen molar-refractivity contribution >= 4 is 5.91 Å². The average molecular weight is 228 g/mol. The van der Waals surface area contributed by atoms with Crippen molar-refractivity contribution in [2.75, 3.05) is 26.7 Å². The molecule has 4 heteroatoms. The summed E-state index contributed by atoms with van der Waals surface area (Å²) in [6.07, 6.45) is 2.66. The summed E-state index contributed by atoms with van der Waals surface area (Å²) in [6, 6.07) is 0. The fourth-order valence-electron chi connectivity index (χ4n) is 2.03. The monoisotopic (exact) mass is 228 g/mol. The van der Waals surface area contributed by atoms with Crippen LogP contribution in [0.15, 0.2) is 0 Å². The van der Waals surface area contributed by atoms with Crippen molar-refractivity contribution < 1.29 is 9.53 Å². The highest BCUT2D eigenvalue weighted by Crippen LogP contribution is 2.20. The van der Waals surface area contributed by atoms with Gasteiger partial charge in [-0.25, -0.2) is 0 Å². The largest absolute Gasteiger partial charge is 0.378 e. The maximum Gasteiger partial charge on any atom is 0.225 e. The Kier molecular flexibility index (Phi) is 4.74. The predicted octanol–water partition coefficient (Wildman–Crippen LogP) is 0.999. The molecule has 0 aromatic heterocycles. The number of hydrogen-bond donors (Lipinski definition) is 1. The van der Waals surface area contributed by atoms with Crippen LogP contribution in [0.5, 0.6) is 0 Å². The number of likely N-dealkylation sites (tertiary alicyclic amines) is 1. The molecule has 0 aromatic rings. The van der Waals surface area contributed by atoms with Crippen LogP contribution in [-0.2, 0) is 9.53 Å². The molecule has 0 radical (unpaired) electrons. The molecule has 16 heavy (non-hydrogen) atoms. The summed E-state index contributed by atoms with van der Waals surface area (Å²) in [6.45, 7) is 6.24. The van der Waals surface area contributed by atoms with Gasteiger partial charge in [-0.1, -0.05) is 0 Å².